The third-order valence-electron chi connectivity index (χ3n) is 13.8. The van der Waals surface area contributed by atoms with Crippen molar-refractivity contribution in [3.63, 3.8) is 0 Å². The summed E-state index contributed by atoms with van der Waals surface area (Å²) in [6.45, 7) is 12.8. The summed E-state index contributed by atoms with van der Waals surface area (Å²) < 4.78 is 8.61. The molecule has 1 unspecified atom stereocenters. The minimum atomic E-state index is -1.10. The first kappa shape index (κ1) is 61.9. The van der Waals surface area contributed by atoms with Gasteiger partial charge in [0.15, 0.2) is 0 Å². The number of aliphatic carboxylic acids is 1. The number of carboxylic acids is 2. The highest BCUT2D eigenvalue weighted by Crippen LogP contribution is 2.35. The molecular formula is C63H69Cl3N8O8. The monoisotopic (exact) mass is 1170 g/mol. The molecule has 2 atom stereocenters. The summed E-state index contributed by atoms with van der Waals surface area (Å²) in [7, 11) is 0. The molecule has 0 spiro atoms. The van der Waals surface area contributed by atoms with Gasteiger partial charge in [0.05, 0.1) is 54.3 Å². The molecule has 16 nitrogen and oxygen atoms in total. The Morgan fingerprint density at radius 1 is 0.622 bits per heavy atom. The molecule has 19 heteroatoms. The lowest BCUT2D eigenvalue weighted by Crippen LogP contribution is -2.43. The summed E-state index contributed by atoms with van der Waals surface area (Å²) in [6.07, 6.45) is 7.32. The molecule has 3 fully saturated rings. The predicted molar refractivity (Wildman–Crippen MR) is 327 cm³/mol. The molecular weight excluding hydrogens is 1100 g/mol. The van der Waals surface area contributed by atoms with Gasteiger partial charge in [0.2, 0.25) is 0 Å². The third kappa shape index (κ3) is 15.6. The molecule has 1 amide bonds. The van der Waals surface area contributed by atoms with Gasteiger partial charge in [-0.1, -0.05) is 102 Å². The van der Waals surface area contributed by atoms with E-state index in [1.54, 1.807) is 48.1 Å². The zero-order chi connectivity index (χ0) is 59.4. The topological polar surface area (TPSA) is 238 Å². The zero-order valence-electron chi connectivity index (χ0n) is 46.8. The number of benzene rings is 6. The van der Waals surface area contributed by atoms with Crippen LogP contribution in [0.2, 0.25) is 15.1 Å². The molecule has 2 aromatic heterocycles. The number of nitrogen functional groups attached to an aromatic ring is 2. The molecule has 8 aromatic rings. The second kappa shape index (κ2) is 27.8. The van der Waals surface area contributed by atoms with Crippen molar-refractivity contribution >= 4 is 86.0 Å². The Kier molecular flexibility index (Phi) is 21.0. The van der Waals surface area contributed by atoms with E-state index in [0.29, 0.717) is 50.7 Å². The number of halogens is 3. The Hall–Kier alpha value is -7.76. The number of fused-ring (bicyclic) bond motifs is 2. The van der Waals surface area contributed by atoms with Gasteiger partial charge in [-0.3, -0.25) is 23.6 Å². The number of nitrogens with one attached hydrogen (secondary N) is 1. The van der Waals surface area contributed by atoms with Crippen LogP contribution in [-0.2, 0) is 9.53 Å². The van der Waals surface area contributed by atoms with E-state index in [9.17, 15) is 24.0 Å². The van der Waals surface area contributed by atoms with Crippen LogP contribution in [0.4, 0.5) is 16.2 Å². The van der Waals surface area contributed by atoms with Crippen LogP contribution in [0, 0.1) is 20.8 Å². The van der Waals surface area contributed by atoms with Crippen molar-refractivity contribution in [3.8, 4) is 11.4 Å². The van der Waals surface area contributed by atoms with Crippen molar-refractivity contribution in [2.75, 3.05) is 24.6 Å². The van der Waals surface area contributed by atoms with E-state index in [4.69, 9.17) is 71.2 Å². The molecule has 1 saturated carbocycles. The van der Waals surface area contributed by atoms with E-state index in [1.165, 1.54) is 35.4 Å². The number of likely N-dealkylation sites (tertiary alicyclic amines) is 1. The highest BCUT2D eigenvalue weighted by atomic mass is 35.5. The summed E-state index contributed by atoms with van der Waals surface area (Å²) in [5, 5.41) is 23.0. The van der Waals surface area contributed by atoms with Crippen LogP contribution < -0.4 is 27.9 Å². The number of hydrogen-bond acceptors (Lipinski definition) is 11. The number of hydrogen-bond donors (Lipinski definition) is 5. The first-order valence-corrected chi connectivity index (χ1v) is 28.3. The zero-order valence-corrected chi connectivity index (χ0v) is 49.1. The first-order valence-electron chi connectivity index (χ1n) is 27.1. The lowest BCUT2D eigenvalue weighted by molar-refractivity contribution is -0.142. The number of amides is 1. The fraction of sp³-hybridized carbons (Fsp3) is 0.317. The highest BCUT2D eigenvalue weighted by Gasteiger charge is 2.36. The number of aromatic carboxylic acids is 1. The van der Waals surface area contributed by atoms with Crippen LogP contribution >= 0.6 is 34.8 Å². The van der Waals surface area contributed by atoms with Crippen LogP contribution in [-0.4, -0.2) is 77.0 Å². The van der Waals surface area contributed by atoms with Crippen LogP contribution in [0.25, 0.3) is 33.2 Å². The molecule has 0 bridgehead atoms. The van der Waals surface area contributed by atoms with Crippen LogP contribution in [0.15, 0.2) is 137 Å². The molecule has 2 aliphatic heterocycles. The van der Waals surface area contributed by atoms with Crippen LogP contribution in [0.5, 0.6) is 0 Å². The lowest BCUT2D eigenvalue weighted by atomic mass is 10.1. The van der Waals surface area contributed by atoms with Crippen molar-refractivity contribution in [1.82, 2.24) is 29.3 Å². The fourth-order valence-corrected chi connectivity index (χ4v) is 10.8. The Labute approximate surface area is 491 Å². The average Bonchev–Trinajstić information content (AvgIpc) is 4.32. The number of nitrogens with zero attached hydrogens (tertiary/aromatic N) is 5. The maximum atomic E-state index is 13.3. The van der Waals surface area contributed by atoms with Gasteiger partial charge in [-0.25, -0.2) is 24.4 Å². The first-order chi connectivity index (χ1) is 39.0. The number of rotatable bonds is 6. The molecule has 6 aromatic carbocycles. The van der Waals surface area contributed by atoms with Gasteiger partial charge in [-0.2, -0.15) is 0 Å². The van der Waals surface area contributed by atoms with E-state index in [-0.39, 0.29) is 33.4 Å². The van der Waals surface area contributed by atoms with Gasteiger partial charge in [-0.05, 0) is 176 Å². The number of carbonyl (C=O) groups is 3. The number of carbonyl (C=O) groups excluding carboxylic acids is 1. The Balaban J connectivity index is 0.000000156. The normalized spacial score (nSPS) is 15.7. The van der Waals surface area contributed by atoms with Gasteiger partial charge in [-0.15, -0.1) is 0 Å². The lowest BCUT2D eigenvalue weighted by Gasteiger charge is -2.26. The van der Waals surface area contributed by atoms with Crippen molar-refractivity contribution < 1.29 is 29.3 Å². The number of ether oxygens (including phenoxy) is 1. The number of carboxylic acid groups (broad SMARTS) is 2. The molecule has 4 heterocycles. The molecule has 2 saturated heterocycles. The van der Waals surface area contributed by atoms with Gasteiger partial charge in [0.1, 0.15) is 28.9 Å². The summed E-state index contributed by atoms with van der Waals surface area (Å²) in [5.41, 5.74) is 17.5. The minimum absolute atomic E-state index is 0.0332. The number of aryl methyl sites for hydroxylation is 3. The van der Waals surface area contributed by atoms with Gasteiger partial charge >= 0.3 is 18.0 Å². The second-order valence-corrected chi connectivity index (χ2v) is 22.6. The number of aromatic nitrogens is 4. The Morgan fingerprint density at radius 3 is 1.57 bits per heavy atom. The van der Waals surface area contributed by atoms with Crippen LogP contribution in [0.3, 0.4) is 0 Å². The number of anilines is 2. The minimum Gasteiger partial charge on any atom is -0.480 e. The molecule has 430 valence electrons. The van der Waals surface area contributed by atoms with E-state index >= 15 is 0 Å². The predicted octanol–water partition coefficient (Wildman–Crippen LogP) is 13.4. The highest BCUT2D eigenvalue weighted by molar-refractivity contribution is 6.36. The number of nitrogens with two attached hydrogens (primary N) is 2. The van der Waals surface area contributed by atoms with Crippen molar-refractivity contribution in [3.05, 3.63) is 197 Å². The van der Waals surface area contributed by atoms with Gasteiger partial charge in [0, 0.05) is 23.8 Å². The summed E-state index contributed by atoms with van der Waals surface area (Å²) in [5.74, 6) is -0.0937. The van der Waals surface area contributed by atoms with E-state index < -0.39 is 29.7 Å². The second-order valence-electron chi connectivity index (χ2n) is 21.4. The largest absolute Gasteiger partial charge is 0.480 e. The summed E-state index contributed by atoms with van der Waals surface area (Å²) in [4.78, 5) is 70.4. The molecule has 0 radical (unpaired) electrons. The smallest absolute Gasteiger partial charge is 0.411 e. The quantitative estimate of drug-likeness (QED) is 0.0975. The van der Waals surface area contributed by atoms with Crippen LogP contribution in [0.1, 0.15) is 123 Å². The maximum absolute atomic E-state index is 13.3. The van der Waals surface area contributed by atoms with E-state index in [1.807, 2.05) is 118 Å². The molecule has 1 aliphatic carbocycles. The SMILES string of the molecule is CC(C)(C)OC(=O)N1CCCC1C(=O)O.Cc1cccc(-n2c(C3CCCC3)nc3cccc(Cl)c3c2=O)c1.Cc1cccc(-n2c([C@@H]3CCCN3)nc3cccc(Cl)c3c2=O)c1.Cc1cccc(N)c1.Nc1cccc(Cl)c1C(=O)O. The summed E-state index contributed by atoms with van der Waals surface area (Å²) >= 11 is 18.2. The average molecular weight is 1170 g/mol. The van der Waals surface area contributed by atoms with Gasteiger partial charge in [0.25, 0.3) is 11.1 Å². The van der Waals surface area contributed by atoms with Crippen molar-refractivity contribution in [2.45, 2.75) is 117 Å². The Morgan fingerprint density at radius 2 is 1.12 bits per heavy atom. The van der Waals surface area contributed by atoms with E-state index in [0.717, 1.165) is 78.5 Å². The molecule has 82 heavy (non-hydrogen) atoms. The maximum Gasteiger partial charge on any atom is 0.411 e. The molecule has 11 rings (SSSR count). The molecule has 3 aliphatic rings. The fourth-order valence-electron chi connectivity index (χ4n) is 10.0. The van der Waals surface area contributed by atoms with Crippen molar-refractivity contribution in [1.29, 1.82) is 0 Å². The molecule has 7 N–H and O–H groups in total. The third-order valence-corrected chi connectivity index (χ3v) is 14.8. The van der Waals surface area contributed by atoms with E-state index in [2.05, 4.69) is 5.32 Å². The summed E-state index contributed by atoms with van der Waals surface area (Å²) in [6, 6.07) is 38.6. The van der Waals surface area contributed by atoms with Crippen molar-refractivity contribution in [2.24, 2.45) is 0 Å². The van der Waals surface area contributed by atoms with Gasteiger partial charge < -0.3 is 31.7 Å². The standard InChI is InChI=1S/C20H19ClN2O.C19H18ClN3O.C10H17NO4.C7H6ClNO2.C7H9N/c1-13-6-4-9-15(12-13)23-19(14-7-2-3-8-14)22-17-11-5-10-16(21)18(17)20(23)24;1-12-5-2-6-13(11-12)23-18(16-9-4-10-21-16)22-15-8-3-7-14(20)17(15)19(23)24;1-10(2,3)15-9(14)11-6-4-5-7(11)8(12)13;8-4-2-1-3-5(9)6(4)7(10)11;1-6-3-2-4-7(8)5-6/h4-6,9-12,14H,2-3,7-8H2,1H3;2-3,5-8,11,16,21H,4,9-10H2,1H3;7H,4-6H2,1-3H3,(H,12,13);1-3H,9H2,(H,10,11);2-5H,8H2,1H3/t;16-;;;/m.0.../s1. The Bertz CT molecular complexity index is 3520.